The second-order valence-electron chi connectivity index (χ2n) is 4.14. The van der Waals surface area contributed by atoms with Gasteiger partial charge in [-0.15, -0.1) is 0 Å². The average molecular weight is 217 g/mol. The number of aliphatic hydroxyl groups is 1. The maximum absolute atomic E-state index is 12.0. The summed E-state index contributed by atoms with van der Waals surface area (Å²) in [6, 6.07) is 0. The fraction of sp³-hybridized carbons (Fsp3) is 0.900. The molecule has 1 rings (SSSR count). The normalized spacial score (nSPS) is 22.9. The molecule has 0 aromatic heterocycles. The molecule has 1 amide bonds. The molecule has 15 heavy (non-hydrogen) atoms. The van der Waals surface area contributed by atoms with Gasteiger partial charge in [0, 0.05) is 20.2 Å². The number of hydrogen-bond donors (Lipinski definition) is 1. The molecule has 88 valence electrons. The van der Waals surface area contributed by atoms with Gasteiger partial charge in [-0.25, -0.2) is 0 Å². The predicted octanol–water partition coefficient (Wildman–Crippen LogP) is -0.369. The summed E-state index contributed by atoms with van der Waals surface area (Å²) in [6.45, 7) is 4.87. The van der Waals surface area contributed by atoms with Crippen molar-refractivity contribution in [3.63, 3.8) is 0 Å². The van der Waals surface area contributed by atoms with Gasteiger partial charge in [0.05, 0.1) is 19.3 Å². The smallest absolute Gasteiger partial charge is 0.254 e. The quantitative estimate of drug-likeness (QED) is 0.701. The Kier molecular flexibility index (Phi) is 4.07. The first kappa shape index (κ1) is 12.4. The van der Waals surface area contributed by atoms with Crippen molar-refractivity contribution in [3.05, 3.63) is 0 Å². The van der Waals surface area contributed by atoms with E-state index in [0.29, 0.717) is 19.7 Å². The molecule has 0 saturated carbocycles. The molecule has 0 aromatic carbocycles. The molecule has 1 heterocycles. The Balaban J connectivity index is 2.60. The number of hydrogen-bond acceptors (Lipinski definition) is 4. The summed E-state index contributed by atoms with van der Waals surface area (Å²) in [4.78, 5) is 13.7. The minimum atomic E-state index is -0.808. The van der Waals surface area contributed by atoms with E-state index < -0.39 is 5.60 Å². The number of nitrogens with zero attached hydrogens (tertiary/aromatic N) is 1. The van der Waals surface area contributed by atoms with Crippen LogP contribution >= 0.6 is 0 Å². The molecule has 0 bridgehead atoms. The van der Waals surface area contributed by atoms with Crippen molar-refractivity contribution >= 4 is 5.91 Å². The van der Waals surface area contributed by atoms with Gasteiger partial charge in [0.15, 0.2) is 0 Å². The molecule has 0 aromatic rings. The van der Waals surface area contributed by atoms with Gasteiger partial charge in [0.2, 0.25) is 0 Å². The molecule has 1 atom stereocenters. The highest BCUT2D eigenvalue weighted by Crippen LogP contribution is 2.15. The molecule has 5 heteroatoms. The third-order valence-electron chi connectivity index (χ3n) is 2.65. The van der Waals surface area contributed by atoms with Crippen molar-refractivity contribution in [2.24, 2.45) is 0 Å². The number of carbonyl (C=O) groups excluding carboxylic acids is 1. The van der Waals surface area contributed by atoms with E-state index in [1.807, 2.05) is 0 Å². The molecular weight excluding hydrogens is 198 g/mol. The van der Waals surface area contributed by atoms with E-state index in [2.05, 4.69) is 0 Å². The van der Waals surface area contributed by atoms with Crippen LogP contribution in [-0.2, 0) is 14.3 Å². The van der Waals surface area contributed by atoms with Gasteiger partial charge in [0.25, 0.3) is 5.91 Å². The maximum atomic E-state index is 12.0. The van der Waals surface area contributed by atoms with Gasteiger partial charge in [0.1, 0.15) is 5.60 Å². The van der Waals surface area contributed by atoms with Crippen molar-refractivity contribution in [1.29, 1.82) is 0 Å². The molecule has 0 radical (unpaired) electrons. The van der Waals surface area contributed by atoms with Crippen molar-refractivity contribution in [1.82, 2.24) is 4.90 Å². The van der Waals surface area contributed by atoms with Crippen molar-refractivity contribution in [2.75, 3.05) is 33.4 Å². The number of amides is 1. The summed E-state index contributed by atoms with van der Waals surface area (Å²) in [5, 5.41) is 8.96. The molecule has 1 fully saturated rings. The fourth-order valence-corrected chi connectivity index (χ4v) is 1.48. The number of ether oxygens (including phenoxy) is 2. The fourth-order valence-electron chi connectivity index (χ4n) is 1.48. The Morgan fingerprint density at radius 3 is 2.87 bits per heavy atom. The van der Waals surface area contributed by atoms with Crippen LogP contribution in [0.4, 0.5) is 0 Å². The highest BCUT2D eigenvalue weighted by atomic mass is 16.5. The molecule has 1 N–H and O–H groups in total. The predicted molar refractivity (Wildman–Crippen MR) is 54.5 cm³/mol. The first-order chi connectivity index (χ1) is 7.01. The summed E-state index contributed by atoms with van der Waals surface area (Å²) in [5.41, 5.74) is -0.808. The zero-order valence-electron chi connectivity index (χ0n) is 9.52. The standard InChI is InChI=1S/C10H19NO4/c1-10(2,14-3)9(13)11-4-5-15-8(6-11)7-12/h8,12H,4-7H2,1-3H3. The van der Waals surface area contributed by atoms with E-state index in [1.165, 1.54) is 7.11 Å². The Labute approximate surface area is 90.0 Å². The van der Waals surface area contributed by atoms with Crippen LogP contribution in [0.2, 0.25) is 0 Å². The monoisotopic (exact) mass is 217 g/mol. The second kappa shape index (κ2) is 4.92. The van der Waals surface area contributed by atoms with E-state index in [0.717, 1.165) is 0 Å². The lowest BCUT2D eigenvalue weighted by Gasteiger charge is -2.36. The third kappa shape index (κ3) is 2.90. The van der Waals surface area contributed by atoms with E-state index in [9.17, 15) is 4.79 Å². The molecule has 1 aliphatic heterocycles. The Bertz CT molecular complexity index is 229. The van der Waals surface area contributed by atoms with Crippen LogP contribution in [-0.4, -0.2) is 61.0 Å². The van der Waals surface area contributed by atoms with E-state index >= 15 is 0 Å². The van der Waals surface area contributed by atoms with Gasteiger partial charge < -0.3 is 19.5 Å². The molecule has 1 saturated heterocycles. The van der Waals surface area contributed by atoms with Gasteiger partial charge >= 0.3 is 0 Å². The summed E-state index contributed by atoms with van der Waals surface area (Å²) < 4.78 is 10.4. The van der Waals surface area contributed by atoms with Crippen LogP contribution < -0.4 is 0 Å². The van der Waals surface area contributed by atoms with Crippen LogP contribution in [0.1, 0.15) is 13.8 Å². The molecule has 0 aliphatic carbocycles. The Morgan fingerprint density at radius 2 is 2.33 bits per heavy atom. The number of methoxy groups -OCH3 is 1. The van der Waals surface area contributed by atoms with Gasteiger partial charge in [-0.2, -0.15) is 0 Å². The number of aliphatic hydroxyl groups excluding tert-OH is 1. The lowest BCUT2D eigenvalue weighted by molar-refractivity contribution is -0.159. The molecule has 1 aliphatic rings. The summed E-state index contributed by atoms with van der Waals surface area (Å²) >= 11 is 0. The van der Waals surface area contributed by atoms with Gasteiger partial charge in [-0.1, -0.05) is 0 Å². The molecule has 1 unspecified atom stereocenters. The van der Waals surface area contributed by atoms with Crippen LogP contribution in [0.5, 0.6) is 0 Å². The van der Waals surface area contributed by atoms with Crippen LogP contribution in [0.3, 0.4) is 0 Å². The zero-order valence-corrected chi connectivity index (χ0v) is 9.52. The SMILES string of the molecule is COC(C)(C)C(=O)N1CCOC(CO)C1. The number of rotatable bonds is 3. The molecular formula is C10H19NO4. The maximum Gasteiger partial charge on any atom is 0.254 e. The van der Waals surface area contributed by atoms with Crippen LogP contribution in [0.25, 0.3) is 0 Å². The minimum Gasteiger partial charge on any atom is -0.394 e. The topological polar surface area (TPSA) is 59.0 Å². The van der Waals surface area contributed by atoms with Gasteiger partial charge in [-0.05, 0) is 13.8 Å². The lowest BCUT2D eigenvalue weighted by Crippen LogP contribution is -2.53. The van der Waals surface area contributed by atoms with Crippen molar-refractivity contribution in [2.45, 2.75) is 25.6 Å². The zero-order chi connectivity index (χ0) is 11.5. The summed E-state index contributed by atoms with van der Waals surface area (Å²) in [6.07, 6.45) is -0.268. The Hall–Kier alpha value is -0.650. The first-order valence-corrected chi connectivity index (χ1v) is 5.08. The third-order valence-corrected chi connectivity index (χ3v) is 2.65. The average Bonchev–Trinajstić information content (AvgIpc) is 2.28. The molecule has 0 spiro atoms. The van der Waals surface area contributed by atoms with Crippen molar-refractivity contribution < 1.29 is 19.4 Å². The second-order valence-corrected chi connectivity index (χ2v) is 4.14. The highest BCUT2D eigenvalue weighted by molar-refractivity contribution is 5.84. The number of carbonyl (C=O) groups is 1. The van der Waals surface area contributed by atoms with Gasteiger partial charge in [-0.3, -0.25) is 4.79 Å². The lowest BCUT2D eigenvalue weighted by atomic mass is 10.1. The first-order valence-electron chi connectivity index (χ1n) is 5.08. The van der Waals surface area contributed by atoms with Crippen LogP contribution in [0, 0.1) is 0 Å². The van der Waals surface area contributed by atoms with E-state index in [-0.39, 0.29) is 18.6 Å². The Morgan fingerprint density at radius 1 is 1.67 bits per heavy atom. The van der Waals surface area contributed by atoms with E-state index in [1.54, 1.807) is 18.7 Å². The summed E-state index contributed by atoms with van der Waals surface area (Å²) in [5.74, 6) is -0.0632. The van der Waals surface area contributed by atoms with Crippen LogP contribution in [0.15, 0.2) is 0 Å². The largest absolute Gasteiger partial charge is 0.394 e. The highest BCUT2D eigenvalue weighted by Gasteiger charge is 2.34. The minimum absolute atomic E-state index is 0.0583. The molecule has 5 nitrogen and oxygen atoms in total. The summed E-state index contributed by atoms with van der Waals surface area (Å²) in [7, 11) is 1.52. The number of morpholine rings is 1. The van der Waals surface area contributed by atoms with Crippen molar-refractivity contribution in [3.8, 4) is 0 Å². The van der Waals surface area contributed by atoms with E-state index in [4.69, 9.17) is 14.6 Å².